The molecule has 2 aromatic carbocycles. The predicted octanol–water partition coefficient (Wildman–Crippen LogP) is 3.72. The third-order valence-corrected chi connectivity index (χ3v) is 6.55. The van der Waals surface area contributed by atoms with Crippen LogP contribution in [0.5, 0.6) is 5.75 Å². The molecule has 0 saturated carbocycles. The highest BCUT2D eigenvalue weighted by Crippen LogP contribution is 2.28. The van der Waals surface area contributed by atoms with Gasteiger partial charge < -0.3 is 4.74 Å². The number of nitrogens with zero attached hydrogens (tertiary/aromatic N) is 4. The second-order valence-corrected chi connectivity index (χ2v) is 8.66. The maximum atomic E-state index is 14.2. The summed E-state index contributed by atoms with van der Waals surface area (Å²) in [7, 11) is -2.76. The summed E-state index contributed by atoms with van der Waals surface area (Å²) in [5.74, 6) is -0.540. The Morgan fingerprint density at radius 1 is 1.03 bits per heavy atom. The lowest BCUT2D eigenvalue weighted by Gasteiger charge is -2.25. The average molecular weight is 444 g/mol. The van der Waals surface area contributed by atoms with Gasteiger partial charge in [-0.25, -0.2) is 17.2 Å². The van der Waals surface area contributed by atoms with Crippen molar-refractivity contribution in [3.63, 3.8) is 0 Å². The fourth-order valence-corrected chi connectivity index (χ4v) is 4.61. The van der Waals surface area contributed by atoms with Crippen LogP contribution in [0, 0.1) is 18.6 Å². The standard InChI is InChI=1S/C21H18F2N4O3S/c1-14-24-25-21-10-8-18(13-26(14)21)31(28,29)27(17-6-4-16(22)5-7-17)12-15-3-9-20(30-2)19(23)11-15/h3-11,13H,12H2,1-2H3. The van der Waals surface area contributed by atoms with Crippen LogP contribution in [0.1, 0.15) is 11.4 Å². The van der Waals surface area contributed by atoms with Crippen LogP contribution in [-0.2, 0) is 16.6 Å². The number of anilines is 1. The van der Waals surface area contributed by atoms with E-state index in [2.05, 4.69) is 10.2 Å². The molecule has 2 aromatic heterocycles. The number of ether oxygens (including phenoxy) is 1. The van der Waals surface area contributed by atoms with Gasteiger partial charge in [0.15, 0.2) is 17.2 Å². The van der Waals surface area contributed by atoms with Crippen LogP contribution < -0.4 is 9.04 Å². The number of rotatable bonds is 6. The van der Waals surface area contributed by atoms with Gasteiger partial charge in [0, 0.05) is 6.20 Å². The number of halogens is 2. The molecule has 0 unspecified atom stereocenters. The topological polar surface area (TPSA) is 76.8 Å². The van der Waals surface area contributed by atoms with E-state index in [1.165, 1.54) is 55.8 Å². The third-order valence-electron chi connectivity index (χ3n) is 4.79. The van der Waals surface area contributed by atoms with Crippen LogP contribution in [-0.4, -0.2) is 30.1 Å². The van der Waals surface area contributed by atoms with Crippen molar-refractivity contribution < 1.29 is 21.9 Å². The summed E-state index contributed by atoms with van der Waals surface area (Å²) in [6.45, 7) is 1.53. The second-order valence-electron chi connectivity index (χ2n) is 6.80. The quantitative estimate of drug-likeness (QED) is 0.453. The van der Waals surface area contributed by atoms with E-state index in [1.54, 1.807) is 23.5 Å². The minimum Gasteiger partial charge on any atom is -0.494 e. The molecule has 0 N–H and O–H groups in total. The van der Waals surface area contributed by atoms with E-state index in [-0.39, 0.29) is 22.9 Å². The van der Waals surface area contributed by atoms with Crippen molar-refractivity contribution in [1.82, 2.24) is 14.6 Å². The molecular weight excluding hydrogens is 426 g/mol. The van der Waals surface area contributed by atoms with Crippen molar-refractivity contribution in [3.05, 3.63) is 83.8 Å². The van der Waals surface area contributed by atoms with Crippen molar-refractivity contribution in [2.24, 2.45) is 0 Å². The molecule has 0 aliphatic heterocycles. The molecule has 0 bridgehead atoms. The van der Waals surface area contributed by atoms with E-state index < -0.39 is 21.7 Å². The SMILES string of the molecule is COc1ccc(CN(c2ccc(F)cc2)S(=O)(=O)c2ccc3nnc(C)n3c2)cc1F. The maximum absolute atomic E-state index is 14.2. The van der Waals surface area contributed by atoms with Crippen LogP contribution in [0.4, 0.5) is 14.5 Å². The van der Waals surface area contributed by atoms with Crippen LogP contribution in [0.15, 0.2) is 65.7 Å². The van der Waals surface area contributed by atoms with Gasteiger partial charge in [0.1, 0.15) is 16.5 Å². The number of fused-ring (bicyclic) bond motifs is 1. The predicted molar refractivity (Wildman–Crippen MR) is 110 cm³/mol. The van der Waals surface area contributed by atoms with Crippen LogP contribution in [0.3, 0.4) is 0 Å². The summed E-state index contributed by atoms with van der Waals surface area (Å²) in [4.78, 5) is -0.0128. The Hall–Kier alpha value is -3.53. The first-order valence-corrected chi connectivity index (χ1v) is 10.7. The van der Waals surface area contributed by atoms with Gasteiger partial charge in [-0.05, 0) is 61.0 Å². The molecule has 31 heavy (non-hydrogen) atoms. The Labute approximate surface area is 177 Å². The van der Waals surface area contributed by atoms with Crippen molar-refractivity contribution in [2.75, 3.05) is 11.4 Å². The van der Waals surface area contributed by atoms with E-state index in [0.29, 0.717) is 17.0 Å². The summed E-state index contributed by atoms with van der Waals surface area (Å²) in [5.41, 5.74) is 1.13. The molecular formula is C21H18F2N4O3S. The lowest BCUT2D eigenvalue weighted by molar-refractivity contribution is 0.386. The van der Waals surface area contributed by atoms with Gasteiger partial charge in [-0.15, -0.1) is 10.2 Å². The Bertz CT molecular complexity index is 1360. The lowest BCUT2D eigenvalue weighted by Crippen LogP contribution is -2.31. The van der Waals surface area contributed by atoms with Gasteiger partial charge in [-0.1, -0.05) is 6.07 Å². The molecule has 0 saturated heterocycles. The summed E-state index contributed by atoms with van der Waals surface area (Å²) in [6.07, 6.45) is 1.42. The van der Waals surface area contributed by atoms with E-state index in [0.717, 1.165) is 4.31 Å². The zero-order valence-electron chi connectivity index (χ0n) is 16.7. The highest BCUT2D eigenvalue weighted by molar-refractivity contribution is 7.92. The zero-order valence-corrected chi connectivity index (χ0v) is 17.5. The van der Waals surface area contributed by atoms with Crippen LogP contribution in [0.2, 0.25) is 0 Å². The number of hydrogen-bond donors (Lipinski definition) is 0. The molecule has 0 amide bonds. The first-order chi connectivity index (χ1) is 14.8. The number of aromatic nitrogens is 3. The smallest absolute Gasteiger partial charge is 0.266 e. The van der Waals surface area contributed by atoms with Crippen LogP contribution >= 0.6 is 0 Å². The number of aryl methyl sites for hydroxylation is 1. The van der Waals surface area contributed by atoms with Crippen molar-refractivity contribution in [3.8, 4) is 5.75 Å². The Morgan fingerprint density at radius 2 is 1.77 bits per heavy atom. The summed E-state index contributed by atoms with van der Waals surface area (Å²) < 4.78 is 62.4. The normalized spacial score (nSPS) is 11.6. The van der Waals surface area contributed by atoms with E-state index in [9.17, 15) is 17.2 Å². The number of methoxy groups -OCH3 is 1. The molecule has 4 rings (SSSR count). The third kappa shape index (κ3) is 3.93. The molecule has 0 fully saturated rings. The van der Waals surface area contributed by atoms with E-state index in [1.807, 2.05) is 0 Å². The summed E-state index contributed by atoms with van der Waals surface area (Å²) in [6, 6.07) is 12.2. The molecule has 160 valence electrons. The number of pyridine rings is 1. The van der Waals surface area contributed by atoms with E-state index >= 15 is 0 Å². The van der Waals surface area contributed by atoms with Gasteiger partial charge in [0.2, 0.25) is 0 Å². The minimum absolute atomic E-state index is 0.0128. The highest BCUT2D eigenvalue weighted by Gasteiger charge is 2.26. The Balaban J connectivity index is 1.81. The van der Waals surface area contributed by atoms with Gasteiger partial charge in [-0.2, -0.15) is 0 Å². The number of sulfonamides is 1. The second kappa shape index (κ2) is 7.95. The molecule has 10 heteroatoms. The fraction of sp³-hybridized carbons (Fsp3) is 0.143. The molecule has 7 nitrogen and oxygen atoms in total. The minimum atomic E-state index is -4.10. The van der Waals surface area contributed by atoms with Gasteiger partial charge in [0.05, 0.1) is 19.3 Å². The molecule has 0 aliphatic carbocycles. The average Bonchev–Trinajstić information content (AvgIpc) is 3.13. The number of hydrogen-bond acceptors (Lipinski definition) is 5. The fourth-order valence-electron chi connectivity index (χ4n) is 3.16. The van der Waals surface area contributed by atoms with Gasteiger partial charge in [-0.3, -0.25) is 8.71 Å². The van der Waals surface area contributed by atoms with Crippen molar-refractivity contribution in [1.29, 1.82) is 0 Å². The largest absolute Gasteiger partial charge is 0.494 e. The van der Waals surface area contributed by atoms with E-state index in [4.69, 9.17) is 4.74 Å². The first-order valence-electron chi connectivity index (χ1n) is 9.22. The van der Waals surface area contributed by atoms with Crippen molar-refractivity contribution >= 4 is 21.4 Å². The Kier molecular flexibility index (Phi) is 5.32. The summed E-state index contributed by atoms with van der Waals surface area (Å²) in [5, 5.41) is 7.89. The van der Waals surface area contributed by atoms with Gasteiger partial charge in [0.25, 0.3) is 10.0 Å². The molecule has 0 atom stereocenters. The zero-order chi connectivity index (χ0) is 22.2. The Morgan fingerprint density at radius 3 is 2.45 bits per heavy atom. The molecule has 4 aromatic rings. The van der Waals surface area contributed by atoms with Crippen LogP contribution in [0.25, 0.3) is 5.65 Å². The monoisotopic (exact) mass is 444 g/mol. The lowest BCUT2D eigenvalue weighted by atomic mass is 10.2. The first kappa shape index (κ1) is 20.7. The highest BCUT2D eigenvalue weighted by atomic mass is 32.2. The van der Waals surface area contributed by atoms with Gasteiger partial charge >= 0.3 is 0 Å². The molecule has 0 aliphatic rings. The molecule has 2 heterocycles. The maximum Gasteiger partial charge on any atom is 0.266 e. The number of benzene rings is 2. The summed E-state index contributed by atoms with van der Waals surface area (Å²) >= 11 is 0. The molecule has 0 radical (unpaired) electrons. The van der Waals surface area contributed by atoms with Crippen molar-refractivity contribution in [2.45, 2.75) is 18.4 Å². The molecule has 0 spiro atoms.